The Labute approximate surface area is 123 Å². The maximum absolute atomic E-state index is 12.1. The summed E-state index contributed by atoms with van der Waals surface area (Å²) < 4.78 is 5.10. The third kappa shape index (κ3) is 3.61. The molecule has 0 saturated carbocycles. The second-order valence-electron chi connectivity index (χ2n) is 5.01. The third-order valence-electron chi connectivity index (χ3n) is 3.43. The van der Waals surface area contributed by atoms with E-state index in [9.17, 15) is 4.79 Å². The fourth-order valence-electron chi connectivity index (χ4n) is 2.10. The summed E-state index contributed by atoms with van der Waals surface area (Å²) in [6.07, 6.45) is 3.59. The van der Waals surface area contributed by atoms with E-state index in [4.69, 9.17) is 10.5 Å². The van der Waals surface area contributed by atoms with E-state index in [1.807, 2.05) is 6.92 Å². The quantitative estimate of drug-likeness (QED) is 0.860. The number of methoxy groups -OCH3 is 1. The Balaban J connectivity index is 2.01. The highest BCUT2D eigenvalue weighted by atomic mass is 32.1. The molecule has 3 N–H and O–H groups in total. The van der Waals surface area contributed by atoms with Gasteiger partial charge in [0.15, 0.2) is 5.13 Å². The van der Waals surface area contributed by atoms with E-state index in [2.05, 4.69) is 15.2 Å². The van der Waals surface area contributed by atoms with E-state index in [1.165, 1.54) is 30.6 Å². The molecule has 1 atom stereocenters. The Morgan fingerprint density at radius 2 is 2.20 bits per heavy atom. The first-order valence-corrected chi connectivity index (χ1v) is 7.75. The molecule has 0 radical (unpaired) electrons. The molecule has 0 spiro atoms. The highest BCUT2D eigenvalue weighted by Gasteiger charge is 2.21. The van der Waals surface area contributed by atoms with Crippen LogP contribution in [0.5, 0.6) is 0 Å². The minimum Gasteiger partial charge on any atom is -0.382 e. The van der Waals surface area contributed by atoms with Crippen molar-refractivity contribution < 1.29 is 9.53 Å². The molecule has 0 aromatic carbocycles. The second kappa shape index (κ2) is 6.90. The second-order valence-corrected chi connectivity index (χ2v) is 5.99. The van der Waals surface area contributed by atoms with E-state index in [0.29, 0.717) is 17.2 Å². The van der Waals surface area contributed by atoms with E-state index >= 15 is 0 Å². The molecule has 1 aromatic heterocycles. The standard InChI is InChI=1S/C13H22N4O2S/c1-9(19-2)8-15-12(18)10-11(14)16-13(20-10)17-6-4-3-5-7-17/h9H,3-8,14H2,1-2H3,(H,15,18). The number of piperidine rings is 1. The molecule has 1 aromatic rings. The van der Waals surface area contributed by atoms with Gasteiger partial charge >= 0.3 is 0 Å². The van der Waals surface area contributed by atoms with Crippen LogP contribution in [0.15, 0.2) is 0 Å². The SMILES string of the molecule is COC(C)CNC(=O)c1sc(N2CCCCC2)nc1N. The van der Waals surface area contributed by atoms with Gasteiger partial charge in [0, 0.05) is 26.7 Å². The maximum Gasteiger partial charge on any atom is 0.265 e. The predicted molar refractivity (Wildman–Crippen MR) is 81.4 cm³/mol. The molecule has 1 amide bonds. The Kier molecular flexibility index (Phi) is 5.19. The van der Waals surface area contributed by atoms with Gasteiger partial charge in [0.1, 0.15) is 10.7 Å². The number of carbonyl (C=O) groups is 1. The molecule has 0 aliphatic carbocycles. The molecule has 2 rings (SSSR count). The van der Waals surface area contributed by atoms with Crippen LogP contribution in [0.2, 0.25) is 0 Å². The third-order valence-corrected chi connectivity index (χ3v) is 4.56. The van der Waals surface area contributed by atoms with Crippen LogP contribution in [0.1, 0.15) is 35.9 Å². The van der Waals surface area contributed by atoms with Gasteiger partial charge in [0.05, 0.1) is 6.10 Å². The Bertz CT molecular complexity index is 457. The van der Waals surface area contributed by atoms with Crippen molar-refractivity contribution in [3.63, 3.8) is 0 Å². The van der Waals surface area contributed by atoms with Crippen LogP contribution in [0.25, 0.3) is 0 Å². The first-order chi connectivity index (χ1) is 9.61. The fourth-order valence-corrected chi connectivity index (χ4v) is 3.06. The van der Waals surface area contributed by atoms with Crippen LogP contribution in [0.4, 0.5) is 10.9 Å². The van der Waals surface area contributed by atoms with Crippen LogP contribution in [0, 0.1) is 0 Å². The predicted octanol–water partition coefficient (Wildman–Crippen LogP) is 1.48. The lowest BCUT2D eigenvalue weighted by Gasteiger charge is -2.25. The number of nitrogens with zero attached hydrogens (tertiary/aromatic N) is 2. The number of thiazole rings is 1. The summed E-state index contributed by atoms with van der Waals surface area (Å²) in [7, 11) is 1.62. The van der Waals surface area contributed by atoms with Crippen molar-refractivity contribution in [2.24, 2.45) is 0 Å². The molecule has 2 heterocycles. The molecule has 20 heavy (non-hydrogen) atoms. The van der Waals surface area contributed by atoms with Crippen LogP contribution in [0.3, 0.4) is 0 Å². The topological polar surface area (TPSA) is 80.5 Å². The summed E-state index contributed by atoms with van der Waals surface area (Å²) in [6, 6.07) is 0. The summed E-state index contributed by atoms with van der Waals surface area (Å²) in [6.45, 7) is 4.35. The molecule has 1 aliphatic rings. The van der Waals surface area contributed by atoms with Crippen molar-refractivity contribution >= 4 is 28.2 Å². The van der Waals surface area contributed by atoms with Crippen molar-refractivity contribution in [2.45, 2.75) is 32.3 Å². The summed E-state index contributed by atoms with van der Waals surface area (Å²) in [4.78, 5) is 19.1. The molecule has 1 unspecified atom stereocenters. The number of rotatable bonds is 5. The Morgan fingerprint density at radius 3 is 2.85 bits per heavy atom. The van der Waals surface area contributed by atoms with Crippen molar-refractivity contribution in [1.82, 2.24) is 10.3 Å². The minimum absolute atomic E-state index is 0.0188. The van der Waals surface area contributed by atoms with Crippen molar-refractivity contribution in [3.05, 3.63) is 4.88 Å². The van der Waals surface area contributed by atoms with Crippen molar-refractivity contribution in [3.8, 4) is 0 Å². The largest absolute Gasteiger partial charge is 0.382 e. The number of aromatic nitrogens is 1. The minimum atomic E-state index is -0.174. The number of nitrogen functional groups attached to an aromatic ring is 1. The number of carbonyl (C=O) groups excluding carboxylic acids is 1. The number of hydrogen-bond donors (Lipinski definition) is 2. The normalized spacial score (nSPS) is 17.0. The Morgan fingerprint density at radius 1 is 1.50 bits per heavy atom. The number of nitrogens with two attached hydrogens (primary N) is 1. The van der Waals surface area contributed by atoms with E-state index in [0.717, 1.165) is 18.2 Å². The molecule has 112 valence electrons. The number of nitrogens with one attached hydrogen (secondary N) is 1. The molecule has 1 fully saturated rings. The number of ether oxygens (including phenoxy) is 1. The highest BCUT2D eigenvalue weighted by molar-refractivity contribution is 7.18. The van der Waals surface area contributed by atoms with Gasteiger partial charge in [-0.25, -0.2) is 4.98 Å². The zero-order chi connectivity index (χ0) is 14.5. The van der Waals surface area contributed by atoms with Crippen LogP contribution < -0.4 is 16.0 Å². The summed E-state index contributed by atoms with van der Waals surface area (Å²) in [5.41, 5.74) is 5.87. The molecule has 1 aliphatic heterocycles. The fraction of sp³-hybridized carbons (Fsp3) is 0.692. The first kappa shape index (κ1) is 15.1. The lowest BCUT2D eigenvalue weighted by Crippen LogP contribution is -2.31. The van der Waals surface area contributed by atoms with Gasteiger partial charge in [-0.15, -0.1) is 0 Å². The molecule has 6 nitrogen and oxygen atoms in total. The van der Waals surface area contributed by atoms with E-state index in [-0.39, 0.29) is 12.0 Å². The summed E-state index contributed by atoms with van der Waals surface area (Å²) in [5, 5.41) is 3.67. The van der Waals surface area contributed by atoms with Gasteiger partial charge < -0.3 is 20.7 Å². The molecule has 0 bridgehead atoms. The van der Waals surface area contributed by atoms with Crippen molar-refractivity contribution in [1.29, 1.82) is 0 Å². The van der Waals surface area contributed by atoms with Crippen LogP contribution in [-0.4, -0.2) is 43.7 Å². The van der Waals surface area contributed by atoms with Gasteiger partial charge in [-0.1, -0.05) is 11.3 Å². The van der Waals surface area contributed by atoms with E-state index < -0.39 is 0 Å². The number of amides is 1. The van der Waals surface area contributed by atoms with Crippen molar-refractivity contribution in [2.75, 3.05) is 37.4 Å². The molecule has 1 saturated heterocycles. The lowest BCUT2D eigenvalue weighted by atomic mass is 10.1. The lowest BCUT2D eigenvalue weighted by molar-refractivity contribution is 0.0874. The monoisotopic (exact) mass is 298 g/mol. The van der Waals surface area contributed by atoms with E-state index in [1.54, 1.807) is 7.11 Å². The summed E-state index contributed by atoms with van der Waals surface area (Å²) in [5.74, 6) is 0.144. The van der Waals surface area contributed by atoms with Gasteiger partial charge in [0.25, 0.3) is 5.91 Å². The smallest absolute Gasteiger partial charge is 0.265 e. The average Bonchev–Trinajstić information content (AvgIpc) is 2.87. The number of hydrogen-bond acceptors (Lipinski definition) is 6. The van der Waals surface area contributed by atoms with Crippen LogP contribution in [-0.2, 0) is 4.74 Å². The molecular formula is C13H22N4O2S. The first-order valence-electron chi connectivity index (χ1n) is 6.94. The van der Waals surface area contributed by atoms with Gasteiger partial charge in [-0.05, 0) is 26.2 Å². The average molecular weight is 298 g/mol. The zero-order valence-electron chi connectivity index (χ0n) is 12.0. The van der Waals surface area contributed by atoms with Gasteiger partial charge in [-0.2, -0.15) is 0 Å². The van der Waals surface area contributed by atoms with Crippen LogP contribution >= 0.6 is 11.3 Å². The maximum atomic E-state index is 12.1. The number of anilines is 2. The van der Waals surface area contributed by atoms with Gasteiger partial charge in [-0.3, -0.25) is 4.79 Å². The molecular weight excluding hydrogens is 276 g/mol. The summed E-state index contributed by atoms with van der Waals surface area (Å²) >= 11 is 1.37. The Hall–Kier alpha value is -1.34. The van der Waals surface area contributed by atoms with Gasteiger partial charge in [0.2, 0.25) is 0 Å². The highest BCUT2D eigenvalue weighted by Crippen LogP contribution is 2.29. The zero-order valence-corrected chi connectivity index (χ0v) is 12.8. The molecule has 7 heteroatoms.